The zero-order valence-electron chi connectivity index (χ0n) is 11.1. The van der Waals surface area contributed by atoms with Crippen molar-refractivity contribution in [3.8, 4) is 0 Å². The van der Waals surface area contributed by atoms with E-state index in [0.717, 1.165) is 5.56 Å². The first-order valence-corrected chi connectivity index (χ1v) is 6.73. The van der Waals surface area contributed by atoms with Crippen LogP contribution in [0.4, 0.5) is 0 Å². The van der Waals surface area contributed by atoms with Gasteiger partial charge in [-0.25, -0.2) is 4.79 Å². The van der Waals surface area contributed by atoms with Crippen molar-refractivity contribution in [2.24, 2.45) is 0 Å². The molecule has 1 heterocycles. The number of aryl methyl sites for hydroxylation is 1. The first kappa shape index (κ1) is 14.8. The van der Waals surface area contributed by atoms with Crippen LogP contribution in [-0.2, 0) is 9.53 Å². The topological polar surface area (TPSA) is 75.6 Å². The summed E-state index contributed by atoms with van der Waals surface area (Å²) in [6.07, 6.45) is 0.495. The maximum atomic E-state index is 12.3. The van der Waals surface area contributed by atoms with Crippen LogP contribution < -0.4 is 5.32 Å². The molecule has 20 heavy (non-hydrogen) atoms. The normalized spacial score (nSPS) is 17.5. The largest absolute Gasteiger partial charge is 0.480 e. The molecular weight excluding hydrogens is 282 g/mol. The molecule has 2 N–H and O–H groups in total. The molecule has 1 aromatic rings. The number of ether oxygens (including phenoxy) is 1. The highest BCUT2D eigenvalue weighted by Gasteiger charge is 2.42. The molecule has 0 saturated carbocycles. The second-order valence-corrected chi connectivity index (χ2v) is 5.27. The quantitative estimate of drug-likeness (QED) is 0.895. The fourth-order valence-electron chi connectivity index (χ4n) is 2.22. The molecule has 0 aromatic heterocycles. The second kappa shape index (κ2) is 5.81. The van der Waals surface area contributed by atoms with Gasteiger partial charge in [0.1, 0.15) is 5.54 Å². The number of carbonyl (C=O) groups excluding carboxylic acids is 1. The molecule has 0 aliphatic carbocycles. The third-order valence-corrected chi connectivity index (χ3v) is 4.05. The maximum absolute atomic E-state index is 12.3. The Morgan fingerprint density at radius 3 is 2.60 bits per heavy atom. The SMILES string of the molecule is Cc1cccc(C(=O)NC2(C(=O)O)CCOCC2)c1Cl. The van der Waals surface area contributed by atoms with Crippen LogP contribution in [0.25, 0.3) is 0 Å². The fraction of sp³-hybridized carbons (Fsp3) is 0.429. The van der Waals surface area contributed by atoms with E-state index in [0.29, 0.717) is 23.8 Å². The van der Waals surface area contributed by atoms with E-state index < -0.39 is 17.4 Å². The Balaban J connectivity index is 2.25. The van der Waals surface area contributed by atoms with E-state index in [4.69, 9.17) is 16.3 Å². The van der Waals surface area contributed by atoms with E-state index in [-0.39, 0.29) is 12.8 Å². The predicted molar refractivity (Wildman–Crippen MR) is 74.1 cm³/mol. The van der Waals surface area contributed by atoms with E-state index in [2.05, 4.69) is 5.32 Å². The molecule has 1 amide bonds. The number of carbonyl (C=O) groups is 2. The molecule has 108 valence electrons. The first-order valence-electron chi connectivity index (χ1n) is 6.35. The molecule has 0 bridgehead atoms. The highest BCUT2D eigenvalue weighted by atomic mass is 35.5. The van der Waals surface area contributed by atoms with Crippen LogP contribution >= 0.6 is 11.6 Å². The molecule has 0 radical (unpaired) electrons. The monoisotopic (exact) mass is 297 g/mol. The number of carboxylic acids is 1. The summed E-state index contributed by atoms with van der Waals surface area (Å²) < 4.78 is 5.16. The van der Waals surface area contributed by atoms with Gasteiger partial charge in [0.2, 0.25) is 0 Å². The number of benzene rings is 1. The maximum Gasteiger partial charge on any atom is 0.329 e. The lowest BCUT2D eigenvalue weighted by atomic mass is 9.89. The van der Waals surface area contributed by atoms with E-state index in [1.54, 1.807) is 25.1 Å². The third-order valence-electron chi connectivity index (χ3n) is 3.54. The Labute approximate surface area is 121 Å². The van der Waals surface area contributed by atoms with Gasteiger partial charge in [-0.1, -0.05) is 23.7 Å². The summed E-state index contributed by atoms with van der Waals surface area (Å²) in [5.74, 6) is -1.51. The van der Waals surface area contributed by atoms with Gasteiger partial charge in [0.15, 0.2) is 0 Å². The molecule has 1 aromatic carbocycles. The van der Waals surface area contributed by atoms with Crippen LogP contribution in [-0.4, -0.2) is 35.7 Å². The Hall–Kier alpha value is -1.59. The summed E-state index contributed by atoms with van der Waals surface area (Å²) in [6, 6.07) is 5.09. The highest BCUT2D eigenvalue weighted by molar-refractivity contribution is 6.34. The Morgan fingerprint density at radius 2 is 2.00 bits per heavy atom. The van der Waals surface area contributed by atoms with Gasteiger partial charge in [-0.2, -0.15) is 0 Å². The number of hydrogen-bond acceptors (Lipinski definition) is 3. The number of amides is 1. The lowest BCUT2D eigenvalue weighted by molar-refractivity contribution is -0.148. The van der Waals surface area contributed by atoms with Crippen LogP contribution in [0.3, 0.4) is 0 Å². The van der Waals surface area contributed by atoms with E-state index >= 15 is 0 Å². The van der Waals surface area contributed by atoms with Gasteiger partial charge in [-0.15, -0.1) is 0 Å². The zero-order valence-corrected chi connectivity index (χ0v) is 11.9. The molecule has 0 spiro atoms. The van der Waals surface area contributed by atoms with Crippen LogP contribution in [0, 0.1) is 6.92 Å². The number of hydrogen-bond donors (Lipinski definition) is 2. The van der Waals surface area contributed by atoms with Crippen molar-refractivity contribution in [2.75, 3.05) is 13.2 Å². The lowest BCUT2D eigenvalue weighted by Crippen LogP contribution is -2.57. The van der Waals surface area contributed by atoms with Gasteiger partial charge in [0.25, 0.3) is 5.91 Å². The third kappa shape index (κ3) is 2.78. The Kier molecular flexibility index (Phi) is 4.30. The molecular formula is C14H16ClNO4. The van der Waals surface area contributed by atoms with Crippen LogP contribution in [0.5, 0.6) is 0 Å². The number of rotatable bonds is 3. The van der Waals surface area contributed by atoms with Crippen molar-refractivity contribution in [1.82, 2.24) is 5.32 Å². The summed E-state index contributed by atoms with van der Waals surface area (Å²) in [5, 5.41) is 12.4. The standard InChI is InChI=1S/C14H16ClNO4/c1-9-3-2-4-10(11(9)15)12(17)16-14(13(18)19)5-7-20-8-6-14/h2-4H,5-8H2,1H3,(H,16,17)(H,18,19). The van der Waals surface area contributed by atoms with E-state index in [9.17, 15) is 14.7 Å². The van der Waals surface area contributed by atoms with Gasteiger partial charge >= 0.3 is 5.97 Å². The van der Waals surface area contributed by atoms with Crippen molar-refractivity contribution >= 4 is 23.5 Å². The van der Waals surface area contributed by atoms with Gasteiger partial charge in [0, 0.05) is 26.1 Å². The van der Waals surface area contributed by atoms with Gasteiger partial charge in [-0.3, -0.25) is 4.79 Å². The molecule has 6 heteroatoms. The van der Waals surface area contributed by atoms with Crippen molar-refractivity contribution in [3.63, 3.8) is 0 Å². The van der Waals surface area contributed by atoms with Gasteiger partial charge < -0.3 is 15.2 Å². The van der Waals surface area contributed by atoms with Crippen molar-refractivity contribution in [1.29, 1.82) is 0 Å². The summed E-state index contributed by atoms with van der Waals surface area (Å²) in [6.45, 7) is 2.42. The van der Waals surface area contributed by atoms with Crippen LogP contribution in [0.1, 0.15) is 28.8 Å². The molecule has 1 aliphatic rings. The van der Waals surface area contributed by atoms with Crippen LogP contribution in [0.2, 0.25) is 5.02 Å². The molecule has 5 nitrogen and oxygen atoms in total. The summed E-state index contributed by atoms with van der Waals surface area (Å²) in [7, 11) is 0. The molecule has 0 atom stereocenters. The molecule has 0 unspecified atom stereocenters. The lowest BCUT2D eigenvalue weighted by Gasteiger charge is -2.34. The molecule has 1 fully saturated rings. The fourth-order valence-corrected chi connectivity index (χ4v) is 2.43. The smallest absolute Gasteiger partial charge is 0.329 e. The van der Waals surface area contributed by atoms with Crippen LogP contribution in [0.15, 0.2) is 18.2 Å². The Bertz CT molecular complexity index is 538. The average Bonchev–Trinajstić information content (AvgIpc) is 2.42. The van der Waals surface area contributed by atoms with Gasteiger partial charge in [-0.05, 0) is 18.6 Å². The number of aliphatic carboxylic acids is 1. The average molecular weight is 298 g/mol. The number of carboxylic acid groups (broad SMARTS) is 1. The molecule has 2 rings (SSSR count). The van der Waals surface area contributed by atoms with Crippen molar-refractivity contribution in [2.45, 2.75) is 25.3 Å². The molecule has 1 aliphatic heterocycles. The highest BCUT2D eigenvalue weighted by Crippen LogP contribution is 2.24. The minimum atomic E-state index is -1.28. The second-order valence-electron chi connectivity index (χ2n) is 4.89. The van der Waals surface area contributed by atoms with Gasteiger partial charge in [0.05, 0.1) is 10.6 Å². The summed E-state index contributed by atoms with van der Waals surface area (Å²) in [5.41, 5.74) is -0.211. The molecule has 1 saturated heterocycles. The number of halogens is 1. The first-order chi connectivity index (χ1) is 9.46. The van der Waals surface area contributed by atoms with E-state index in [1.807, 2.05) is 0 Å². The van der Waals surface area contributed by atoms with Crippen molar-refractivity contribution < 1.29 is 19.4 Å². The predicted octanol–water partition coefficient (Wildman–Crippen LogP) is 2.01. The van der Waals surface area contributed by atoms with Crippen molar-refractivity contribution in [3.05, 3.63) is 34.3 Å². The van der Waals surface area contributed by atoms with E-state index in [1.165, 1.54) is 0 Å². The zero-order chi connectivity index (χ0) is 14.8. The summed E-state index contributed by atoms with van der Waals surface area (Å²) >= 11 is 6.10. The minimum absolute atomic E-state index is 0.248. The number of nitrogens with one attached hydrogen (secondary N) is 1. The minimum Gasteiger partial charge on any atom is -0.480 e. The summed E-state index contributed by atoms with van der Waals surface area (Å²) in [4.78, 5) is 23.8. The Morgan fingerprint density at radius 1 is 1.35 bits per heavy atom.